The van der Waals surface area contributed by atoms with E-state index in [1.165, 1.54) is 0 Å². The summed E-state index contributed by atoms with van der Waals surface area (Å²) in [5, 5.41) is 21.0. The molecular formula is C15H13N5S. The minimum absolute atomic E-state index is 0.694. The fraction of sp³-hybridized carbons (Fsp3) is 0.133. The zero-order chi connectivity index (χ0) is 14.7. The predicted octanol–water partition coefficient (Wildman–Crippen LogP) is 3.33. The number of H-pyrrole nitrogens is 1. The molecule has 0 radical (unpaired) electrons. The number of nitrogens with zero attached hydrogens (tertiary/aromatic N) is 3. The van der Waals surface area contributed by atoms with E-state index in [1.807, 2.05) is 42.6 Å². The van der Waals surface area contributed by atoms with Crippen molar-refractivity contribution in [3.05, 3.63) is 52.0 Å². The van der Waals surface area contributed by atoms with Gasteiger partial charge in [-0.15, -0.1) is 11.3 Å². The van der Waals surface area contributed by atoms with Crippen LogP contribution in [0.4, 0.5) is 5.69 Å². The molecule has 0 aliphatic heterocycles. The maximum atomic E-state index is 8.82. The Morgan fingerprint density at radius 2 is 2.29 bits per heavy atom. The first-order valence-corrected chi connectivity index (χ1v) is 7.33. The number of nitriles is 1. The van der Waals surface area contributed by atoms with Crippen LogP contribution in [-0.4, -0.2) is 15.2 Å². The SMILES string of the molecule is Cc1nc(-c2cccc(NCc3cc(C#N)cs3)c2)n[nH]1. The van der Waals surface area contributed by atoms with Crippen LogP contribution in [0, 0.1) is 18.3 Å². The number of benzene rings is 1. The predicted molar refractivity (Wildman–Crippen MR) is 82.9 cm³/mol. The molecule has 0 saturated carbocycles. The lowest BCUT2D eigenvalue weighted by Crippen LogP contribution is -1.97. The maximum Gasteiger partial charge on any atom is 0.181 e. The first-order chi connectivity index (χ1) is 10.2. The topological polar surface area (TPSA) is 77.4 Å². The maximum absolute atomic E-state index is 8.82. The lowest BCUT2D eigenvalue weighted by molar-refractivity contribution is 1.04. The number of hydrogen-bond donors (Lipinski definition) is 2. The highest BCUT2D eigenvalue weighted by atomic mass is 32.1. The Balaban J connectivity index is 1.73. The quantitative estimate of drug-likeness (QED) is 0.774. The third-order valence-electron chi connectivity index (χ3n) is 2.97. The number of aryl methyl sites for hydroxylation is 1. The Morgan fingerprint density at radius 1 is 1.38 bits per heavy atom. The van der Waals surface area contributed by atoms with Crippen LogP contribution in [-0.2, 0) is 6.54 Å². The van der Waals surface area contributed by atoms with Gasteiger partial charge in [-0.3, -0.25) is 5.10 Å². The van der Waals surface area contributed by atoms with Gasteiger partial charge >= 0.3 is 0 Å². The molecule has 2 aromatic heterocycles. The number of anilines is 1. The monoisotopic (exact) mass is 295 g/mol. The van der Waals surface area contributed by atoms with E-state index in [9.17, 15) is 0 Å². The summed E-state index contributed by atoms with van der Waals surface area (Å²) in [5.41, 5.74) is 2.68. The first-order valence-electron chi connectivity index (χ1n) is 6.45. The molecule has 2 heterocycles. The second kappa shape index (κ2) is 5.77. The highest BCUT2D eigenvalue weighted by molar-refractivity contribution is 7.10. The number of rotatable bonds is 4. The van der Waals surface area contributed by atoms with Crippen molar-refractivity contribution in [3.63, 3.8) is 0 Å². The summed E-state index contributed by atoms with van der Waals surface area (Å²) in [6.07, 6.45) is 0. The summed E-state index contributed by atoms with van der Waals surface area (Å²) in [4.78, 5) is 5.46. The third-order valence-corrected chi connectivity index (χ3v) is 3.90. The van der Waals surface area contributed by atoms with Crippen LogP contribution in [0.15, 0.2) is 35.7 Å². The summed E-state index contributed by atoms with van der Waals surface area (Å²) in [7, 11) is 0. The molecule has 0 bridgehead atoms. The van der Waals surface area contributed by atoms with Gasteiger partial charge in [-0.1, -0.05) is 12.1 Å². The average molecular weight is 295 g/mol. The zero-order valence-corrected chi connectivity index (χ0v) is 12.2. The molecule has 2 N–H and O–H groups in total. The normalized spacial score (nSPS) is 10.3. The fourth-order valence-electron chi connectivity index (χ4n) is 1.96. The van der Waals surface area contributed by atoms with Crippen LogP contribution in [0.5, 0.6) is 0 Å². The van der Waals surface area contributed by atoms with Crippen LogP contribution in [0.25, 0.3) is 11.4 Å². The van der Waals surface area contributed by atoms with Gasteiger partial charge < -0.3 is 5.32 Å². The number of thiophene rings is 1. The lowest BCUT2D eigenvalue weighted by Gasteiger charge is -2.05. The van der Waals surface area contributed by atoms with Gasteiger partial charge in [-0.25, -0.2) is 4.98 Å². The third kappa shape index (κ3) is 3.09. The summed E-state index contributed by atoms with van der Waals surface area (Å²) in [6.45, 7) is 2.57. The standard InChI is InChI=1S/C15H13N5S/c1-10-18-15(20-19-10)12-3-2-4-13(6-12)17-8-14-5-11(7-16)9-21-14/h2-6,9,17H,8H2,1H3,(H,18,19,20). The Kier molecular flexibility index (Phi) is 3.67. The van der Waals surface area contributed by atoms with Crippen LogP contribution in [0.2, 0.25) is 0 Å². The summed E-state index contributed by atoms with van der Waals surface area (Å²) in [6, 6.07) is 12.0. The molecule has 0 amide bonds. The van der Waals surface area contributed by atoms with Crippen LogP contribution in [0.1, 0.15) is 16.3 Å². The molecule has 0 aliphatic carbocycles. The number of aromatic amines is 1. The first kappa shape index (κ1) is 13.3. The molecule has 0 spiro atoms. The molecule has 0 aliphatic rings. The molecule has 1 aromatic carbocycles. The van der Waals surface area contributed by atoms with E-state index in [2.05, 4.69) is 26.6 Å². The second-order valence-electron chi connectivity index (χ2n) is 4.59. The molecule has 0 unspecified atom stereocenters. The van der Waals surface area contributed by atoms with Crippen LogP contribution in [0.3, 0.4) is 0 Å². The van der Waals surface area contributed by atoms with Gasteiger partial charge in [0.25, 0.3) is 0 Å². The molecule has 0 atom stereocenters. The summed E-state index contributed by atoms with van der Waals surface area (Å²) < 4.78 is 0. The average Bonchev–Trinajstić information content (AvgIpc) is 3.14. The van der Waals surface area contributed by atoms with Crippen molar-refractivity contribution < 1.29 is 0 Å². The van der Waals surface area contributed by atoms with Crippen molar-refractivity contribution in [2.24, 2.45) is 0 Å². The molecule has 104 valence electrons. The number of nitrogens with one attached hydrogen (secondary N) is 2. The van der Waals surface area contributed by atoms with E-state index >= 15 is 0 Å². The van der Waals surface area contributed by atoms with Crippen molar-refractivity contribution in [1.82, 2.24) is 15.2 Å². The smallest absolute Gasteiger partial charge is 0.181 e. The van der Waals surface area contributed by atoms with Gasteiger partial charge in [0.2, 0.25) is 0 Å². The van der Waals surface area contributed by atoms with Gasteiger partial charge in [0.1, 0.15) is 11.9 Å². The molecule has 5 nitrogen and oxygen atoms in total. The van der Waals surface area contributed by atoms with Gasteiger partial charge in [0.15, 0.2) is 5.82 Å². The van der Waals surface area contributed by atoms with Gasteiger partial charge in [0.05, 0.1) is 5.56 Å². The molecule has 6 heteroatoms. The summed E-state index contributed by atoms with van der Waals surface area (Å²) >= 11 is 1.58. The Labute approximate surface area is 126 Å². The molecule has 3 aromatic rings. The van der Waals surface area contributed by atoms with E-state index < -0.39 is 0 Å². The highest BCUT2D eigenvalue weighted by Crippen LogP contribution is 2.21. The minimum Gasteiger partial charge on any atom is -0.380 e. The van der Waals surface area contributed by atoms with Crippen LogP contribution < -0.4 is 5.32 Å². The Morgan fingerprint density at radius 3 is 3.00 bits per heavy atom. The Hall–Kier alpha value is -2.65. The van der Waals surface area contributed by atoms with E-state index in [0.29, 0.717) is 17.9 Å². The number of aromatic nitrogens is 3. The zero-order valence-electron chi connectivity index (χ0n) is 11.4. The molecular weight excluding hydrogens is 282 g/mol. The lowest BCUT2D eigenvalue weighted by atomic mass is 10.2. The van der Waals surface area contributed by atoms with Crippen molar-refractivity contribution in [3.8, 4) is 17.5 Å². The van der Waals surface area contributed by atoms with Crippen molar-refractivity contribution >= 4 is 17.0 Å². The van der Waals surface area contributed by atoms with Crippen molar-refractivity contribution in [1.29, 1.82) is 5.26 Å². The number of hydrogen-bond acceptors (Lipinski definition) is 5. The van der Waals surface area contributed by atoms with E-state index in [-0.39, 0.29) is 0 Å². The largest absolute Gasteiger partial charge is 0.380 e. The van der Waals surface area contributed by atoms with Gasteiger partial charge in [-0.05, 0) is 25.1 Å². The van der Waals surface area contributed by atoms with E-state index in [0.717, 1.165) is 22.0 Å². The van der Waals surface area contributed by atoms with E-state index in [4.69, 9.17) is 5.26 Å². The van der Waals surface area contributed by atoms with Gasteiger partial charge in [0, 0.05) is 28.1 Å². The fourth-order valence-corrected chi connectivity index (χ4v) is 2.71. The highest BCUT2D eigenvalue weighted by Gasteiger charge is 2.05. The Bertz CT molecular complexity index is 796. The van der Waals surface area contributed by atoms with Gasteiger partial charge in [-0.2, -0.15) is 10.4 Å². The molecule has 0 saturated heterocycles. The second-order valence-corrected chi connectivity index (χ2v) is 5.59. The van der Waals surface area contributed by atoms with Crippen LogP contribution >= 0.6 is 11.3 Å². The van der Waals surface area contributed by atoms with E-state index in [1.54, 1.807) is 11.3 Å². The van der Waals surface area contributed by atoms with Crippen molar-refractivity contribution in [2.45, 2.75) is 13.5 Å². The molecule has 21 heavy (non-hydrogen) atoms. The molecule has 3 rings (SSSR count). The van der Waals surface area contributed by atoms with Crippen molar-refractivity contribution in [2.75, 3.05) is 5.32 Å². The summed E-state index contributed by atoms with van der Waals surface area (Å²) in [5.74, 6) is 1.49. The molecule has 0 fully saturated rings. The minimum atomic E-state index is 0.694.